The molecule has 0 atom stereocenters. The van der Waals surface area contributed by atoms with E-state index in [-0.39, 0.29) is 18.1 Å². The number of anilines is 3. The van der Waals surface area contributed by atoms with Crippen LogP contribution in [0.2, 0.25) is 0 Å². The molecule has 1 aliphatic rings. The third-order valence-corrected chi connectivity index (χ3v) is 4.92. The number of benzene rings is 1. The number of aryl methyl sites for hydroxylation is 1. The number of aromatic nitrogens is 3. The van der Waals surface area contributed by atoms with Gasteiger partial charge in [0.1, 0.15) is 11.5 Å². The molecule has 156 valence electrons. The molecule has 6 nitrogen and oxygen atoms in total. The van der Waals surface area contributed by atoms with Gasteiger partial charge in [0.25, 0.3) is 0 Å². The number of nitrogens with zero attached hydrogens (tertiary/aromatic N) is 3. The van der Waals surface area contributed by atoms with Gasteiger partial charge in [-0.25, -0.2) is 15.0 Å². The minimum Gasteiger partial charge on any atom is -0.394 e. The summed E-state index contributed by atoms with van der Waals surface area (Å²) in [4.78, 5) is 11.8. The summed E-state index contributed by atoms with van der Waals surface area (Å²) >= 11 is 0. The van der Waals surface area contributed by atoms with Crippen LogP contribution in [0.3, 0.4) is 0 Å². The standard InChI is InChI=1S/C21H20F3N5O/c1-13-8-15(14-2-6-25-18(11-14)29-20(12-30)4-5-20)10-16(9-13)27-19-26-7-3-17(28-19)21(22,23)24/h2-3,6-11,30H,4-5,12H2,1H3,(H,25,29)(H,26,27,28). The third-order valence-electron chi connectivity index (χ3n) is 4.92. The van der Waals surface area contributed by atoms with Crippen LogP contribution in [0.15, 0.2) is 48.8 Å². The molecule has 9 heteroatoms. The van der Waals surface area contributed by atoms with E-state index >= 15 is 0 Å². The molecule has 0 spiro atoms. The summed E-state index contributed by atoms with van der Waals surface area (Å²) in [6.45, 7) is 1.95. The predicted octanol–water partition coefficient (Wildman–Crippen LogP) is 4.55. The van der Waals surface area contributed by atoms with Crippen LogP contribution in [-0.4, -0.2) is 32.2 Å². The first-order valence-corrected chi connectivity index (χ1v) is 9.41. The maximum absolute atomic E-state index is 12.9. The normalized spacial score (nSPS) is 15.0. The first kappa shape index (κ1) is 20.1. The van der Waals surface area contributed by atoms with E-state index in [1.807, 2.05) is 31.2 Å². The van der Waals surface area contributed by atoms with E-state index in [0.717, 1.165) is 41.8 Å². The first-order chi connectivity index (χ1) is 14.3. The minimum absolute atomic E-state index is 0.0500. The van der Waals surface area contributed by atoms with Crippen molar-refractivity contribution in [3.8, 4) is 11.1 Å². The van der Waals surface area contributed by atoms with Gasteiger partial charge in [-0.15, -0.1) is 0 Å². The number of aliphatic hydroxyl groups excluding tert-OH is 1. The fourth-order valence-corrected chi connectivity index (χ4v) is 3.15. The SMILES string of the molecule is Cc1cc(Nc2nccc(C(F)(F)F)n2)cc(-c2ccnc(NC3(CO)CC3)c2)c1. The molecular weight excluding hydrogens is 395 g/mol. The number of pyridine rings is 1. The monoisotopic (exact) mass is 415 g/mol. The van der Waals surface area contributed by atoms with E-state index in [1.165, 1.54) is 0 Å². The first-order valence-electron chi connectivity index (χ1n) is 9.41. The van der Waals surface area contributed by atoms with Crippen LogP contribution in [-0.2, 0) is 6.18 Å². The van der Waals surface area contributed by atoms with Crippen molar-refractivity contribution in [2.45, 2.75) is 31.5 Å². The van der Waals surface area contributed by atoms with Crippen molar-refractivity contribution in [3.05, 3.63) is 60.0 Å². The zero-order chi connectivity index (χ0) is 21.4. The highest BCUT2D eigenvalue weighted by Gasteiger charge is 2.42. The summed E-state index contributed by atoms with van der Waals surface area (Å²) in [6.07, 6.45) is 0.00189. The summed E-state index contributed by atoms with van der Waals surface area (Å²) in [6, 6.07) is 10.2. The van der Waals surface area contributed by atoms with E-state index in [4.69, 9.17) is 0 Å². The molecule has 0 saturated heterocycles. The number of hydrogen-bond donors (Lipinski definition) is 3. The molecule has 2 heterocycles. The molecule has 3 aromatic rings. The molecule has 2 aromatic heterocycles. The fraction of sp³-hybridized carbons (Fsp3) is 0.286. The summed E-state index contributed by atoms with van der Waals surface area (Å²) in [5, 5.41) is 15.6. The van der Waals surface area contributed by atoms with Crippen molar-refractivity contribution in [1.29, 1.82) is 0 Å². The van der Waals surface area contributed by atoms with Crippen molar-refractivity contribution in [1.82, 2.24) is 15.0 Å². The van der Waals surface area contributed by atoms with Gasteiger partial charge in [-0.05, 0) is 66.8 Å². The van der Waals surface area contributed by atoms with E-state index in [0.29, 0.717) is 11.5 Å². The topological polar surface area (TPSA) is 83.0 Å². The highest BCUT2D eigenvalue weighted by molar-refractivity contribution is 5.72. The van der Waals surface area contributed by atoms with Crippen molar-refractivity contribution in [3.63, 3.8) is 0 Å². The second-order valence-electron chi connectivity index (χ2n) is 7.47. The van der Waals surface area contributed by atoms with Crippen LogP contribution in [0.5, 0.6) is 0 Å². The Morgan fingerprint density at radius 3 is 2.50 bits per heavy atom. The van der Waals surface area contributed by atoms with Crippen molar-refractivity contribution in [2.75, 3.05) is 17.2 Å². The van der Waals surface area contributed by atoms with Gasteiger partial charge in [0.15, 0.2) is 0 Å². The van der Waals surface area contributed by atoms with Crippen LogP contribution in [0.25, 0.3) is 11.1 Å². The van der Waals surface area contributed by atoms with E-state index in [9.17, 15) is 18.3 Å². The van der Waals surface area contributed by atoms with Crippen molar-refractivity contribution >= 4 is 17.5 Å². The number of aliphatic hydroxyl groups is 1. The molecule has 0 bridgehead atoms. The molecular formula is C21H20F3N5O. The lowest BCUT2D eigenvalue weighted by Gasteiger charge is -2.16. The van der Waals surface area contributed by atoms with Crippen molar-refractivity contribution in [2.24, 2.45) is 0 Å². The molecule has 1 aromatic carbocycles. The lowest BCUT2D eigenvalue weighted by atomic mass is 10.0. The number of halogens is 3. The largest absolute Gasteiger partial charge is 0.433 e. The Balaban J connectivity index is 1.60. The van der Waals surface area contributed by atoms with Crippen LogP contribution in [0.1, 0.15) is 24.1 Å². The molecule has 3 N–H and O–H groups in total. The van der Waals surface area contributed by atoms with Crippen molar-refractivity contribution < 1.29 is 18.3 Å². The molecule has 0 unspecified atom stereocenters. The second-order valence-corrected chi connectivity index (χ2v) is 7.47. The molecule has 1 fully saturated rings. The van der Waals surface area contributed by atoms with Gasteiger partial charge < -0.3 is 15.7 Å². The Morgan fingerprint density at radius 2 is 1.80 bits per heavy atom. The van der Waals surface area contributed by atoms with Gasteiger partial charge >= 0.3 is 6.18 Å². The van der Waals surface area contributed by atoms with Gasteiger partial charge in [-0.2, -0.15) is 13.2 Å². The van der Waals surface area contributed by atoms with Gasteiger partial charge in [0, 0.05) is 18.1 Å². The maximum atomic E-state index is 12.9. The Morgan fingerprint density at radius 1 is 1.03 bits per heavy atom. The van der Waals surface area contributed by atoms with E-state index < -0.39 is 11.9 Å². The van der Waals surface area contributed by atoms with Crippen LogP contribution < -0.4 is 10.6 Å². The summed E-state index contributed by atoms with van der Waals surface area (Å²) in [7, 11) is 0. The highest BCUT2D eigenvalue weighted by Crippen LogP contribution is 2.38. The summed E-state index contributed by atoms with van der Waals surface area (Å²) in [5.74, 6) is 0.536. The Labute approximate surface area is 171 Å². The number of nitrogens with one attached hydrogen (secondary N) is 2. The fourth-order valence-electron chi connectivity index (χ4n) is 3.15. The Hall–Kier alpha value is -3.20. The lowest BCUT2D eigenvalue weighted by molar-refractivity contribution is -0.141. The molecule has 4 rings (SSSR count). The van der Waals surface area contributed by atoms with Gasteiger partial charge in [0.2, 0.25) is 5.95 Å². The Bertz CT molecular complexity index is 1070. The number of alkyl halides is 3. The summed E-state index contributed by atoms with van der Waals surface area (Å²) in [5.41, 5.74) is 1.95. The predicted molar refractivity (Wildman–Crippen MR) is 107 cm³/mol. The molecule has 0 amide bonds. The second kappa shape index (κ2) is 7.56. The zero-order valence-electron chi connectivity index (χ0n) is 16.2. The molecule has 1 saturated carbocycles. The van der Waals surface area contributed by atoms with E-state index in [2.05, 4.69) is 25.6 Å². The molecule has 0 aliphatic heterocycles. The summed E-state index contributed by atoms with van der Waals surface area (Å²) < 4.78 is 38.7. The smallest absolute Gasteiger partial charge is 0.394 e. The third kappa shape index (κ3) is 4.51. The average Bonchev–Trinajstić information content (AvgIpc) is 3.47. The minimum atomic E-state index is -4.54. The van der Waals surface area contributed by atoms with E-state index in [1.54, 1.807) is 12.3 Å². The Kier molecular flexibility index (Phi) is 5.07. The lowest BCUT2D eigenvalue weighted by Crippen LogP contribution is -2.26. The quantitative estimate of drug-likeness (QED) is 0.548. The van der Waals surface area contributed by atoms with Gasteiger partial charge in [-0.1, -0.05) is 6.07 Å². The van der Waals surface area contributed by atoms with Gasteiger partial charge in [0.05, 0.1) is 12.1 Å². The average molecular weight is 415 g/mol. The maximum Gasteiger partial charge on any atom is 0.433 e. The molecule has 1 aliphatic carbocycles. The van der Waals surface area contributed by atoms with Crippen LogP contribution in [0.4, 0.5) is 30.6 Å². The van der Waals surface area contributed by atoms with Crippen LogP contribution >= 0.6 is 0 Å². The van der Waals surface area contributed by atoms with Gasteiger partial charge in [-0.3, -0.25) is 0 Å². The number of hydrogen-bond acceptors (Lipinski definition) is 6. The zero-order valence-corrected chi connectivity index (χ0v) is 16.2. The highest BCUT2D eigenvalue weighted by atomic mass is 19.4. The molecule has 30 heavy (non-hydrogen) atoms. The molecule has 0 radical (unpaired) electrons. The van der Waals surface area contributed by atoms with Crippen LogP contribution in [0, 0.1) is 6.92 Å². The number of rotatable bonds is 6.